The van der Waals surface area contributed by atoms with Crippen molar-refractivity contribution in [3.63, 3.8) is 0 Å². The Hall–Kier alpha value is -1.89. The smallest absolute Gasteiger partial charge is 0.254 e. The van der Waals surface area contributed by atoms with Crippen molar-refractivity contribution in [3.05, 3.63) is 46.2 Å². The molecule has 0 saturated carbocycles. The summed E-state index contributed by atoms with van der Waals surface area (Å²) < 4.78 is 26.1. The van der Waals surface area contributed by atoms with Crippen LogP contribution in [0.25, 0.3) is 0 Å². The van der Waals surface area contributed by atoms with E-state index in [1.54, 1.807) is 6.20 Å². The summed E-state index contributed by atoms with van der Waals surface area (Å²) in [5.41, 5.74) is -0.346. The summed E-state index contributed by atoms with van der Waals surface area (Å²) in [5, 5.41) is 5.20. The number of hydrogen-bond donors (Lipinski definition) is 1. The summed E-state index contributed by atoms with van der Waals surface area (Å²) >= 11 is 1.47. The lowest BCUT2D eigenvalue weighted by Crippen LogP contribution is -2.27. The van der Waals surface area contributed by atoms with E-state index >= 15 is 0 Å². The Balaban J connectivity index is 1.93. The van der Waals surface area contributed by atoms with Gasteiger partial charge < -0.3 is 5.32 Å². The van der Waals surface area contributed by atoms with Crippen molar-refractivity contribution in [3.8, 4) is 0 Å². The minimum atomic E-state index is -1.28. The number of amides is 1. The second-order valence-corrected chi connectivity index (χ2v) is 4.37. The predicted octanol–water partition coefficient (Wildman–Crippen LogP) is 1.79. The number of nitrogens with one attached hydrogen (secondary N) is 1. The fourth-order valence-corrected chi connectivity index (χ4v) is 1.97. The quantitative estimate of drug-likeness (QED) is 0.861. The zero-order valence-electron chi connectivity index (χ0n) is 9.19. The topological polar surface area (TPSA) is 54.9 Å². The van der Waals surface area contributed by atoms with Gasteiger partial charge in [-0.15, -0.1) is 11.3 Å². The zero-order chi connectivity index (χ0) is 13.0. The maximum atomic E-state index is 13.2. The molecule has 1 N–H and O–H groups in total. The fourth-order valence-electron chi connectivity index (χ4n) is 1.35. The lowest BCUT2D eigenvalue weighted by atomic mass is 10.2. The Labute approximate surface area is 106 Å². The number of rotatable bonds is 4. The molecule has 0 aliphatic rings. The first-order chi connectivity index (χ1) is 8.68. The molecule has 0 saturated heterocycles. The monoisotopic (exact) mass is 269 g/mol. The summed E-state index contributed by atoms with van der Waals surface area (Å²) in [6, 6.07) is 1.14. The molecule has 18 heavy (non-hydrogen) atoms. The van der Waals surface area contributed by atoms with E-state index in [1.165, 1.54) is 11.3 Å². The van der Waals surface area contributed by atoms with Gasteiger partial charge in [-0.1, -0.05) is 0 Å². The molecule has 0 bridgehead atoms. The van der Waals surface area contributed by atoms with Gasteiger partial charge in [-0.2, -0.15) is 4.39 Å². The van der Waals surface area contributed by atoms with E-state index in [4.69, 9.17) is 0 Å². The largest absolute Gasteiger partial charge is 0.352 e. The molecule has 0 spiro atoms. The van der Waals surface area contributed by atoms with Crippen LogP contribution in [0.4, 0.5) is 8.78 Å². The van der Waals surface area contributed by atoms with E-state index < -0.39 is 17.7 Å². The first kappa shape index (κ1) is 12.6. The van der Waals surface area contributed by atoms with Gasteiger partial charge in [0.1, 0.15) is 0 Å². The van der Waals surface area contributed by atoms with E-state index in [-0.39, 0.29) is 5.56 Å². The Bertz CT molecular complexity index is 545. The van der Waals surface area contributed by atoms with Crippen molar-refractivity contribution >= 4 is 17.2 Å². The third-order valence-corrected chi connectivity index (χ3v) is 3.04. The zero-order valence-corrected chi connectivity index (χ0v) is 10.0. The van der Waals surface area contributed by atoms with E-state index in [9.17, 15) is 13.6 Å². The molecule has 0 radical (unpaired) electrons. The van der Waals surface area contributed by atoms with Crippen LogP contribution in [0.1, 0.15) is 15.4 Å². The van der Waals surface area contributed by atoms with Crippen LogP contribution >= 0.6 is 11.3 Å². The normalized spacial score (nSPS) is 10.3. The molecule has 1 amide bonds. The van der Waals surface area contributed by atoms with Gasteiger partial charge in [-0.05, 0) is 6.07 Å². The molecular weight excluding hydrogens is 260 g/mol. The average molecular weight is 269 g/mol. The summed E-state index contributed by atoms with van der Waals surface area (Å²) in [6.45, 7) is 0.315. The van der Waals surface area contributed by atoms with E-state index in [1.807, 2.05) is 5.38 Å². The SMILES string of the molecule is O=C(NCCc1nccs1)c1ccnc(F)c1F. The third kappa shape index (κ3) is 2.86. The molecule has 4 nitrogen and oxygen atoms in total. The lowest BCUT2D eigenvalue weighted by Gasteiger charge is -2.04. The van der Waals surface area contributed by atoms with E-state index in [0.717, 1.165) is 17.3 Å². The van der Waals surface area contributed by atoms with Gasteiger partial charge in [-0.25, -0.2) is 14.4 Å². The van der Waals surface area contributed by atoms with Crippen LogP contribution in [-0.4, -0.2) is 22.4 Å². The first-order valence-corrected chi connectivity index (χ1v) is 6.03. The van der Waals surface area contributed by atoms with Crippen LogP contribution in [0.2, 0.25) is 0 Å². The van der Waals surface area contributed by atoms with Crippen molar-refractivity contribution in [2.24, 2.45) is 0 Å². The van der Waals surface area contributed by atoms with E-state index in [2.05, 4.69) is 15.3 Å². The van der Waals surface area contributed by atoms with Crippen molar-refractivity contribution in [2.45, 2.75) is 6.42 Å². The molecule has 2 aromatic rings. The van der Waals surface area contributed by atoms with Gasteiger partial charge in [0.05, 0.1) is 10.6 Å². The van der Waals surface area contributed by atoms with Crippen molar-refractivity contribution < 1.29 is 13.6 Å². The molecule has 0 unspecified atom stereocenters. The summed E-state index contributed by atoms with van der Waals surface area (Å²) in [6.07, 6.45) is 3.27. The molecule has 7 heteroatoms. The number of halogens is 2. The highest BCUT2D eigenvalue weighted by Crippen LogP contribution is 2.09. The fraction of sp³-hybridized carbons (Fsp3) is 0.182. The highest BCUT2D eigenvalue weighted by Gasteiger charge is 2.15. The van der Waals surface area contributed by atoms with E-state index in [0.29, 0.717) is 13.0 Å². The summed E-state index contributed by atoms with van der Waals surface area (Å²) in [5.74, 6) is -3.17. The summed E-state index contributed by atoms with van der Waals surface area (Å²) in [4.78, 5) is 18.7. The second-order valence-electron chi connectivity index (χ2n) is 3.40. The highest BCUT2D eigenvalue weighted by atomic mass is 32.1. The van der Waals surface area contributed by atoms with Crippen LogP contribution in [0, 0.1) is 11.8 Å². The van der Waals surface area contributed by atoms with Gasteiger partial charge in [-0.3, -0.25) is 4.79 Å². The van der Waals surface area contributed by atoms with Gasteiger partial charge in [0.15, 0.2) is 5.82 Å². The molecule has 2 heterocycles. The first-order valence-electron chi connectivity index (χ1n) is 5.15. The van der Waals surface area contributed by atoms with Gasteiger partial charge in [0.2, 0.25) is 5.95 Å². The molecule has 0 atom stereocenters. The standard InChI is InChI=1S/C11H9F2N3OS/c12-9-7(1-3-15-10(9)13)11(17)16-4-2-8-14-5-6-18-8/h1,3,5-6H,2,4H2,(H,16,17). The van der Waals surface area contributed by atoms with Gasteiger partial charge in [0, 0.05) is 30.7 Å². The van der Waals surface area contributed by atoms with Crippen LogP contribution in [-0.2, 0) is 6.42 Å². The van der Waals surface area contributed by atoms with Crippen molar-refractivity contribution in [1.29, 1.82) is 0 Å². The lowest BCUT2D eigenvalue weighted by molar-refractivity contribution is 0.0948. The van der Waals surface area contributed by atoms with Crippen molar-refractivity contribution in [1.82, 2.24) is 15.3 Å². The molecule has 0 aliphatic carbocycles. The number of carbonyl (C=O) groups excluding carboxylic acids is 1. The Morgan fingerprint density at radius 2 is 2.17 bits per heavy atom. The molecule has 94 valence electrons. The Morgan fingerprint density at radius 1 is 1.33 bits per heavy atom. The van der Waals surface area contributed by atoms with Crippen LogP contribution < -0.4 is 5.32 Å². The maximum Gasteiger partial charge on any atom is 0.254 e. The van der Waals surface area contributed by atoms with Gasteiger partial charge in [0.25, 0.3) is 5.91 Å². The molecule has 2 aromatic heterocycles. The maximum absolute atomic E-state index is 13.2. The highest BCUT2D eigenvalue weighted by molar-refractivity contribution is 7.09. The molecule has 2 rings (SSSR count). The minimum absolute atomic E-state index is 0.315. The number of thiazole rings is 1. The van der Waals surface area contributed by atoms with Crippen LogP contribution in [0.3, 0.4) is 0 Å². The Morgan fingerprint density at radius 3 is 2.89 bits per heavy atom. The predicted molar refractivity (Wildman–Crippen MR) is 62.3 cm³/mol. The van der Waals surface area contributed by atoms with Crippen LogP contribution in [0.5, 0.6) is 0 Å². The second kappa shape index (κ2) is 5.63. The summed E-state index contributed by atoms with van der Waals surface area (Å²) in [7, 11) is 0. The molecular formula is C11H9F2N3OS. The molecule has 0 aliphatic heterocycles. The van der Waals surface area contributed by atoms with Gasteiger partial charge >= 0.3 is 0 Å². The number of carbonyl (C=O) groups is 1. The van der Waals surface area contributed by atoms with Crippen LogP contribution in [0.15, 0.2) is 23.8 Å². The number of hydrogen-bond acceptors (Lipinski definition) is 4. The number of aromatic nitrogens is 2. The third-order valence-electron chi connectivity index (χ3n) is 2.20. The Kier molecular flexibility index (Phi) is 3.93. The van der Waals surface area contributed by atoms with Crippen molar-refractivity contribution in [2.75, 3.05) is 6.54 Å². The number of nitrogens with zero attached hydrogens (tertiary/aromatic N) is 2. The average Bonchev–Trinajstić information content (AvgIpc) is 2.85. The molecule has 0 aromatic carbocycles. The number of pyridine rings is 1. The molecule has 0 fully saturated rings. The minimum Gasteiger partial charge on any atom is -0.352 e.